The zero-order valence-electron chi connectivity index (χ0n) is 19.3. The summed E-state index contributed by atoms with van der Waals surface area (Å²) in [6.07, 6.45) is 0. The SMILES string of the molecule is Cc1c(-c2ccccc2)c2ccccc2[n+]2c1-c1cc3c(cc1C2)-c1ccccc1C3(C)C. The predicted octanol–water partition coefficient (Wildman–Crippen LogP) is 7.44. The highest BCUT2D eigenvalue weighted by atomic mass is 15.0. The molecule has 1 aromatic heterocycles. The Hall–Kier alpha value is -3.71. The first kappa shape index (κ1) is 18.8. The molecule has 0 fully saturated rings. The fourth-order valence-corrected chi connectivity index (χ4v) is 6.37. The van der Waals surface area contributed by atoms with Crippen LogP contribution in [0.5, 0.6) is 0 Å². The summed E-state index contributed by atoms with van der Waals surface area (Å²) in [7, 11) is 0. The van der Waals surface area contributed by atoms with Crippen LogP contribution in [0.1, 0.15) is 36.1 Å². The average molecular weight is 425 g/mol. The molecule has 0 spiro atoms. The number of para-hydroxylation sites is 1. The molecule has 0 N–H and O–H groups in total. The van der Waals surface area contributed by atoms with Gasteiger partial charge in [-0.3, -0.25) is 0 Å². The van der Waals surface area contributed by atoms with E-state index in [4.69, 9.17) is 0 Å². The van der Waals surface area contributed by atoms with Crippen LogP contribution in [0.2, 0.25) is 0 Å². The lowest BCUT2D eigenvalue weighted by atomic mass is 9.81. The lowest BCUT2D eigenvalue weighted by molar-refractivity contribution is -0.645. The zero-order chi connectivity index (χ0) is 22.3. The van der Waals surface area contributed by atoms with Crippen molar-refractivity contribution >= 4 is 10.9 Å². The van der Waals surface area contributed by atoms with Gasteiger partial charge in [-0.25, -0.2) is 0 Å². The Kier molecular flexibility index (Phi) is 3.66. The summed E-state index contributed by atoms with van der Waals surface area (Å²) in [5.74, 6) is 0. The lowest BCUT2D eigenvalue weighted by Gasteiger charge is -2.21. The summed E-state index contributed by atoms with van der Waals surface area (Å²) in [6.45, 7) is 7.98. The maximum absolute atomic E-state index is 2.54. The molecular formula is C32H26N+. The van der Waals surface area contributed by atoms with E-state index in [9.17, 15) is 0 Å². The van der Waals surface area contributed by atoms with Gasteiger partial charge in [0.2, 0.25) is 11.2 Å². The fraction of sp³-hybridized carbons (Fsp3) is 0.156. The number of pyridine rings is 1. The van der Waals surface area contributed by atoms with Crippen molar-refractivity contribution in [1.82, 2.24) is 0 Å². The Morgan fingerprint density at radius 2 is 1.42 bits per heavy atom. The molecule has 2 aliphatic rings. The van der Waals surface area contributed by atoms with Gasteiger partial charge in [0.1, 0.15) is 0 Å². The zero-order valence-corrected chi connectivity index (χ0v) is 19.3. The van der Waals surface area contributed by atoms with Crippen molar-refractivity contribution in [2.24, 2.45) is 0 Å². The largest absolute Gasteiger partial charge is 0.217 e. The molecule has 4 aromatic carbocycles. The summed E-state index contributed by atoms with van der Waals surface area (Å²) >= 11 is 0. The smallest absolute Gasteiger partial charge is 0.187 e. The molecule has 1 aliphatic heterocycles. The van der Waals surface area contributed by atoms with Gasteiger partial charge in [-0.2, -0.15) is 4.57 Å². The van der Waals surface area contributed by atoms with Crippen molar-refractivity contribution in [2.75, 3.05) is 0 Å². The Balaban J connectivity index is 1.56. The number of nitrogens with zero attached hydrogens (tertiary/aromatic N) is 1. The summed E-state index contributed by atoms with van der Waals surface area (Å²) < 4.78 is 2.54. The van der Waals surface area contributed by atoms with Crippen molar-refractivity contribution in [3.05, 3.63) is 113 Å². The van der Waals surface area contributed by atoms with Crippen LogP contribution in [0.3, 0.4) is 0 Å². The Morgan fingerprint density at radius 3 is 2.27 bits per heavy atom. The quantitative estimate of drug-likeness (QED) is 0.242. The maximum atomic E-state index is 2.54. The van der Waals surface area contributed by atoms with Gasteiger partial charge in [-0.1, -0.05) is 80.6 Å². The molecule has 0 bridgehead atoms. The van der Waals surface area contributed by atoms with Crippen LogP contribution in [0.15, 0.2) is 91.0 Å². The molecule has 0 radical (unpaired) electrons. The predicted molar refractivity (Wildman–Crippen MR) is 136 cm³/mol. The Labute approximate surface area is 195 Å². The molecule has 0 saturated carbocycles. The van der Waals surface area contributed by atoms with Gasteiger partial charge in [0.15, 0.2) is 6.54 Å². The van der Waals surface area contributed by atoms with E-state index >= 15 is 0 Å². The fourth-order valence-electron chi connectivity index (χ4n) is 6.37. The number of aromatic nitrogens is 1. The molecule has 2 heterocycles. The van der Waals surface area contributed by atoms with E-state index in [1.165, 1.54) is 66.7 Å². The number of fused-ring (bicyclic) bond motifs is 8. The van der Waals surface area contributed by atoms with Crippen LogP contribution in [0.25, 0.3) is 44.4 Å². The minimum absolute atomic E-state index is 0.0153. The van der Waals surface area contributed by atoms with Crippen molar-refractivity contribution in [3.8, 4) is 33.5 Å². The molecule has 1 heteroatoms. The third-order valence-corrected chi connectivity index (χ3v) is 7.92. The molecule has 158 valence electrons. The summed E-state index contributed by atoms with van der Waals surface area (Å²) in [5.41, 5.74) is 15.2. The van der Waals surface area contributed by atoms with E-state index < -0.39 is 0 Å². The molecular weight excluding hydrogens is 398 g/mol. The van der Waals surface area contributed by atoms with Crippen LogP contribution in [0, 0.1) is 6.92 Å². The molecule has 0 saturated heterocycles. The monoisotopic (exact) mass is 424 g/mol. The second kappa shape index (κ2) is 6.42. The Bertz CT molecular complexity index is 1610. The molecule has 0 amide bonds. The first-order chi connectivity index (χ1) is 16.1. The normalized spacial score (nSPS) is 14.6. The van der Waals surface area contributed by atoms with Gasteiger partial charge in [0.05, 0.1) is 10.9 Å². The minimum Gasteiger partial charge on any atom is -0.187 e. The van der Waals surface area contributed by atoms with Crippen LogP contribution in [0.4, 0.5) is 0 Å². The van der Waals surface area contributed by atoms with E-state index in [1.807, 2.05) is 0 Å². The molecule has 1 aliphatic carbocycles. The van der Waals surface area contributed by atoms with Crippen molar-refractivity contribution < 1.29 is 4.57 Å². The molecule has 5 aromatic rings. The van der Waals surface area contributed by atoms with Gasteiger partial charge < -0.3 is 0 Å². The standard InChI is InChI=1S/C32H26N/c1-20-30(21-11-5-4-6-12-21)24-14-8-10-16-29(24)33-19-22-17-26-23-13-7-9-15-27(23)32(2,3)28(26)18-25(22)31(20)33/h4-18H,19H2,1-3H3/q+1. The highest BCUT2D eigenvalue weighted by Crippen LogP contribution is 2.51. The van der Waals surface area contributed by atoms with E-state index in [0.717, 1.165) is 6.54 Å². The third kappa shape index (κ3) is 2.40. The van der Waals surface area contributed by atoms with Gasteiger partial charge in [0.25, 0.3) is 0 Å². The lowest BCUT2D eigenvalue weighted by Crippen LogP contribution is -2.34. The molecule has 0 atom stereocenters. The number of rotatable bonds is 1. The third-order valence-electron chi connectivity index (χ3n) is 7.92. The molecule has 1 nitrogen and oxygen atoms in total. The van der Waals surface area contributed by atoms with E-state index in [2.05, 4.69) is 116 Å². The maximum Gasteiger partial charge on any atom is 0.217 e. The number of hydrogen-bond acceptors (Lipinski definition) is 0. The van der Waals surface area contributed by atoms with Gasteiger partial charge in [-0.05, 0) is 52.9 Å². The summed E-state index contributed by atoms with van der Waals surface area (Å²) in [6, 6.07) is 33.7. The van der Waals surface area contributed by atoms with Crippen molar-refractivity contribution in [3.63, 3.8) is 0 Å². The van der Waals surface area contributed by atoms with E-state index in [0.29, 0.717) is 0 Å². The van der Waals surface area contributed by atoms with Crippen molar-refractivity contribution in [2.45, 2.75) is 32.7 Å². The molecule has 7 rings (SSSR count). The molecule has 33 heavy (non-hydrogen) atoms. The van der Waals surface area contributed by atoms with Crippen LogP contribution in [-0.4, -0.2) is 0 Å². The number of benzene rings is 4. The summed E-state index contributed by atoms with van der Waals surface area (Å²) in [5, 5.41) is 1.33. The van der Waals surface area contributed by atoms with E-state index in [-0.39, 0.29) is 5.41 Å². The second-order valence-corrected chi connectivity index (χ2v) is 10.0. The Morgan fingerprint density at radius 1 is 0.697 bits per heavy atom. The number of hydrogen-bond donors (Lipinski definition) is 0. The van der Waals surface area contributed by atoms with E-state index in [1.54, 1.807) is 0 Å². The van der Waals surface area contributed by atoms with Crippen LogP contribution < -0.4 is 4.57 Å². The van der Waals surface area contributed by atoms with Crippen LogP contribution >= 0.6 is 0 Å². The van der Waals surface area contributed by atoms with Gasteiger partial charge >= 0.3 is 0 Å². The average Bonchev–Trinajstić information content (AvgIpc) is 3.32. The second-order valence-electron chi connectivity index (χ2n) is 10.0. The van der Waals surface area contributed by atoms with Crippen molar-refractivity contribution in [1.29, 1.82) is 0 Å². The minimum atomic E-state index is 0.0153. The first-order valence-corrected chi connectivity index (χ1v) is 11.8. The highest BCUT2D eigenvalue weighted by Gasteiger charge is 2.40. The first-order valence-electron chi connectivity index (χ1n) is 11.8. The summed E-state index contributed by atoms with van der Waals surface area (Å²) in [4.78, 5) is 0. The topological polar surface area (TPSA) is 3.88 Å². The molecule has 0 unspecified atom stereocenters. The van der Waals surface area contributed by atoms with Gasteiger partial charge in [-0.15, -0.1) is 0 Å². The van der Waals surface area contributed by atoms with Crippen LogP contribution in [-0.2, 0) is 12.0 Å². The highest BCUT2D eigenvalue weighted by molar-refractivity contribution is 5.98. The van der Waals surface area contributed by atoms with Gasteiger partial charge in [0, 0.05) is 28.2 Å².